The standard InChI is InChI=1S/C19H23NO2/c21-15-16-5-6-18-14-19(8-7-17(18)13-16)22-12-4-11-20-9-2-1-3-10-20/h5-8,13-15H,1-4,9-12H2. The van der Waals surface area contributed by atoms with Crippen LogP contribution in [0.1, 0.15) is 36.0 Å². The van der Waals surface area contributed by atoms with Crippen LogP contribution in [-0.4, -0.2) is 37.4 Å². The molecule has 0 saturated carbocycles. The summed E-state index contributed by atoms with van der Waals surface area (Å²) in [6, 6.07) is 11.8. The summed E-state index contributed by atoms with van der Waals surface area (Å²) in [7, 11) is 0. The van der Waals surface area contributed by atoms with Gasteiger partial charge in [0.2, 0.25) is 0 Å². The van der Waals surface area contributed by atoms with Gasteiger partial charge >= 0.3 is 0 Å². The number of carbonyl (C=O) groups excluding carboxylic acids is 1. The van der Waals surface area contributed by atoms with Crippen molar-refractivity contribution in [2.45, 2.75) is 25.7 Å². The van der Waals surface area contributed by atoms with Gasteiger partial charge in [0, 0.05) is 12.1 Å². The van der Waals surface area contributed by atoms with Crippen LogP contribution in [0.2, 0.25) is 0 Å². The molecule has 0 atom stereocenters. The van der Waals surface area contributed by atoms with Crippen LogP contribution in [0.4, 0.5) is 0 Å². The van der Waals surface area contributed by atoms with Gasteiger partial charge in [-0.3, -0.25) is 4.79 Å². The molecule has 1 heterocycles. The number of hydrogen-bond donors (Lipinski definition) is 0. The molecule has 3 heteroatoms. The minimum atomic E-state index is 0.711. The largest absolute Gasteiger partial charge is 0.494 e. The highest BCUT2D eigenvalue weighted by molar-refractivity contribution is 5.89. The molecular weight excluding hydrogens is 274 g/mol. The fourth-order valence-corrected chi connectivity index (χ4v) is 3.07. The zero-order valence-corrected chi connectivity index (χ0v) is 13.0. The third-order valence-corrected chi connectivity index (χ3v) is 4.31. The zero-order chi connectivity index (χ0) is 15.2. The quantitative estimate of drug-likeness (QED) is 0.598. The Labute approximate surface area is 131 Å². The summed E-state index contributed by atoms with van der Waals surface area (Å²) in [4.78, 5) is 13.3. The molecular formula is C19H23NO2. The first-order valence-electron chi connectivity index (χ1n) is 8.19. The predicted octanol–water partition coefficient (Wildman–Crippen LogP) is 3.91. The predicted molar refractivity (Wildman–Crippen MR) is 89.7 cm³/mol. The molecule has 3 nitrogen and oxygen atoms in total. The highest BCUT2D eigenvalue weighted by Gasteiger charge is 2.09. The highest BCUT2D eigenvalue weighted by atomic mass is 16.5. The Morgan fingerprint density at radius 2 is 1.77 bits per heavy atom. The molecule has 2 aromatic carbocycles. The molecule has 0 aliphatic carbocycles. The van der Waals surface area contributed by atoms with E-state index in [0.717, 1.165) is 42.4 Å². The lowest BCUT2D eigenvalue weighted by atomic mass is 10.1. The fourth-order valence-electron chi connectivity index (χ4n) is 3.07. The molecule has 116 valence electrons. The van der Waals surface area contributed by atoms with E-state index in [1.807, 2.05) is 36.4 Å². The van der Waals surface area contributed by atoms with Crippen LogP contribution < -0.4 is 4.74 Å². The lowest BCUT2D eigenvalue weighted by Gasteiger charge is -2.26. The van der Waals surface area contributed by atoms with Crippen molar-refractivity contribution in [1.82, 2.24) is 4.90 Å². The van der Waals surface area contributed by atoms with Gasteiger partial charge < -0.3 is 9.64 Å². The summed E-state index contributed by atoms with van der Waals surface area (Å²) in [5, 5.41) is 2.18. The molecule has 22 heavy (non-hydrogen) atoms. The summed E-state index contributed by atoms with van der Waals surface area (Å²) in [5.74, 6) is 0.907. The molecule has 0 radical (unpaired) electrons. The van der Waals surface area contributed by atoms with Gasteiger partial charge in [-0.1, -0.05) is 24.6 Å². The number of carbonyl (C=O) groups is 1. The summed E-state index contributed by atoms with van der Waals surface area (Å²) in [5.41, 5.74) is 0.711. The van der Waals surface area contributed by atoms with Gasteiger partial charge in [0.1, 0.15) is 12.0 Å². The van der Waals surface area contributed by atoms with Crippen LogP contribution in [0.5, 0.6) is 5.75 Å². The van der Waals surface area contributed by atoms with Gasteiger partial charge in [0.25, 0.3) is 0 Å². The van der Waals surface area contributed by atoms with Gasteiger partial charge in [-0.2, -0.15) is 0 Å². The Kier molecular flexibility index (Phi) is 5.07. The number of ether oxygens (including phenoxy) is 1. The molecule has 1 aliphatic rings. The normalized spacial score (nSPS) is 15.8. The average Bonchev–Trinajstić information content (AvgIpc) is 2.59. The van der Waals surface area contributed by atoms with Crippen LogP contribution >= 0.6 is 0 Å². The second-order valence-corrected chi connectivity index (χ2v) is 5.99. The topological polar surface area (TPSA) is 29.5 Å². The van der Waals surface area contributed by atoms with Crippen LogP contribution in [-0.2, 0) is 0 Å². The maximum absolute atomic E-state index is 10.8. The Morgan fingerprint density at radius 1 is 1.00 bits per heavy atom. The van der Waals surface area contributed by atoms with Crippen molar-refractivity contribution in [2.75, 3.05) is 26.2 Å². The third-order valence-electron chi connectivity index (χ3n) is 4.31. The van der Waals surface area contributed by atoms with Gasteiger partial charge in [-0.25, -0.2) is 0 Å². The lowest BCUT2D eigenvalue weighted by Crippen LogP contribution is -2.31. The van der Waals surface area contributed by atoms with Crippen molar-refractivity contribution in [1.29, 1.82) is 0 Å². The van der Waals surface area contributed by atoms with E-state index in [1.165, 1.54) is 32.4 Å². The van der Waals surface area contributed by atoms with Crippen LogP contribution in [0.15, 0.2) is 36.4 Å². The van der Waals surface area contributed by atoms with E-state index < -0.39 is 0 Å². The van der Waals surface area contributed by atoms with Crippen molar-refractivity contribution in [3.05, 3.63) is 42.0 Å². The van der Waals surface area contributed by atoms with Crippen molar-refractivity contribution in [3.8, 4) is 5.75 Å². The van der Waals surface area contributed by atoms with Gasteiger partial charge in [-0.05, 0) is 61.3 Å². The molecule has 0 N–H and O–H groups in total. The van der Waals surface area contributed by atoms with Crippen molar-refractivity contribution >= 4 is 17.1 Å². The number of aldehydes is 1. The molecule has 1 aliphatic heterocycles. The van der Waals surface area contributed by atoms with Gasteiger partial charge in [0.05, 0.1) is 6.61 Å². The first-order chi connectivity index (χ1) is 10.8. The average molecular weight is 297 g/mol. The Morgan fingerprint density at radius 3 is 2.59 bits per heavy atom. The summed E-state index contributed by atoms with van der Waals surface area (Å²) in [6.07, 6.45) is 6.02. The second-order valence-electron chi connectivity index (χ2n) is 5.99. The summed E-state index contributed by atoms with van der Waals surface area (Å²) >= 11 is 0. The molecule has 0 unspecified atom stereocenters. The Hall–Kier alpha value is -1.87. The maximum atomic E-state index is 10.8. The van der Waals surface area contributed by atoms with Crippen molar-refractivity contribution in [3.63, 3.8) is 0 Å². The van der Waals surface area contributed by atoms with Gasteiger partial charge in [-0.15, -0.1) is 0 Å². The highest BCUT2D eigenvalue weighted by Crippen LogP contribution is 2.22. The van der Waals surface area contributed by atoms with Crippen LogP contribution in [0.25, 0.3) is 10.8 Å². The number of rotatable bonds is 6. The van der Waals surface area contributed by atoms with E-state index in [0.29, 0.717) is 5.56 Å². The first-order valence-corrected chi connectivity index (χ1v) is 8.19. The van der Waals surface area contributed by atoms with E-state index in [1.54, 1.807) is 0 Å². The number of nitrogens with zero attached hydrogens (tertiary/aromatic N) is 1. The van der Waals surface area contributed by atoms with E-state index in [4.69, 9.17) is 4.74 Å². The number of benzene rings is 2. The lowest BCUT2D eigenvalue weighted by molar-refractivity contribution is 0.112. The molecule has 0 bridgehead atoms. The third kappa shape index (κ3) is 3.86. The van der Waals surface area contributed by atoms with Crippen LogP contribution in [0.3, 0.4) is 0 Å². The smallest absolute Gasteiger partial charge is 0.150 e. The van der Waals surface area contributed by atoms with Gasteiger partial charge in [0.15, 0.2) is 0 Å². The maximum Gasteiger partial charge on any atom is 0.150 e. The molecule has 1 fully saturated rings. The number of hydrogen-bond acceptors (Lipinski definition) is 3. The minimum absolute atomic E-state index is 0.711. The van der Waals surface area contributed by atoms with Crippen molar-refractivity contribution in [2.24, 2.45) is 0 Å². The van der Waals surface area contributed by atoms with E-state index in [-0.39, 0.29) is 0 Å². The number of piperidine rings is 1. The minimum Gasteiger partial charge on any atom is -0.494 e. The molecule has 2 aromatic rings. The van der Waals surface area contributed by atoms with E-state index in [2.05, 4.69) is 4.90 Å². The summed E-state index contributed by atoms with van der Waals surface area (Å²) in [6.45, 7) is 4.38. The first kappa shape index (κ1) is 15.0. The fraction of sp³-hybridized carbons (Fsp3) is 0.421. The second kappa shape index (κ2) is 7.41. The SMILES string of the molecule is O=Cc1ccc2cc(OCCCN3CCCCC3)ccc2c1. The van der Waals surface area contributed by atoms with E-state index in [9.17, 15) is 4.79 Å². The molecule has 0 amide bonds. The van der Waals surface area contributed by atoms with Crippen molar-refractivity contribution < 1.29 is 9.53 Å². The van der Waals surface area contributed by atoms with E-state index >= 15 is 0 Å². The number of fused-ring (bicyclic) bond motifs is 1. The van der Waals surface area contributed by atoms with Crippen LogP contribution in [0, 0.1) is 0 Å². The monoisotopic (exact) mass is 297 g/mol. The Balaban J connectivity index is 1.51. The zero-order valence-electron chi connectivity index (χ0n) is 13.0. The summed E-state index contributed by atoms with van der Waals surface area (Å²) < 4.78 is 5.87. The molecule has 0 spiro atoms. The molecule has 3 rings (SSSR count). The molecule has 0 aromatic heterocycles. The molecule has 1 saturated heterocycles. The number of likely N-dealkylation sites (tertiary alicyclic amines) is 1. The Bertz CT molecular complexity index is 632.